The van der Waals surface area contributed by atoms with Crippen LogP contribution in [-0.4, -0.2) is 39.7 Å². The van der Waals surface area contributed by atoms with E-state index in [0.29, 0.717) is 40.1 Å². The molecule has 0 radical (unpaired) electrons. The van der Waals surface area contributed by atoms with Gasteiger partial charge in [0.1, 0.15) is 18.2 Å². The average Bonchev–Trinajstić information content (AvgIpc) is 2.70. The summed E-state index contributed by atoms with van der Waals surface area (Å²) in [6.07, 6.45) is 0.262. The van der Waals surface area contributed by atoms with Gasteiger partial charge in [-0.05, 0) is 35.4 Å². The molecule has 1 heterocycles. The number of amides is 1. The summed E-state index contributed by atoms with van der Waals surface area (Å²) in [7, 11) is 1.52. The molecule has 0 saturated heterocycles. The third-order valence-corrected chi connectivity index (χ3v) is 4.20. The SMILES string of the molecule is CNC(=O)c1cc(C(O)CO)cc2c(NCc3cccc(N)c3)ncnc12. The number of nitrogen functional groups attached to an aromatic ring is 1. The van der Waals surface area contributed by atoms with Gasteiger partial charge in [0.2, 0.25) is 0 Å². The summed E-state index contributed by atoms with van der Waals surface area (Å²) in [5.41, 5.74) is 8.60. The first kappa shape index (κ1) is 18.6. The number of fused-ring (bicyclic) bond motifs is 1. The normalized spacial score (nSPS) is 12.0. The highest BCUT2D eigenvalue weighted by atomic mass is 16.3. The lowest BCUT2D eigenvalue weighted by molar-refractivity contribution is 0.0943. The lowest BCUT2D eigenvalue weighted by Gasteiger charge is -2.15. The number of hydrogen-bond donors (Lipinski definition) is 5. The van der Waals surface area contributed by atoms with E-state index in [9.17, 15) is 15.0 Å². The lowest BCUT2D eigenvalue weighted by Crippen LogP contribution is -2.19. The first-order chi connectivity index (χ1) is 13.0. The summed E-state index contributed by atoms with van der Waals surface area (Å²) >= 11 is 0. The van der Waals surface area contributed by atoms with Crippen LogP contribution in [-0.2, 0) is 6.54 Å². The number of nitrogens with one attached hydrogen (secondary N) is 2. The van der Waals surface area contributed by atoms with Gasteiger partial charge < -0.3 is 26.6 Å². The number of hydrogen-bond acceptors (Lipinski definition) is 7. The van der Waals surface area contributed by atoms with E-state index in [-0.39, 0.29) is 5.91 Å². The van der Waals surface area contributed by atoms with Gasteiger partial charge in [0.05, 0.1) is 17.7 Å². The number of anilines is 2. The van der Waals surface area contributed by atoms with Gasteiger partial charge in [-0.1, -0.05) is 12.1 Å². The molecule has 0 spiro atoms. The maximum Gasteiger partial charge on any atom is 0.253 e. The number of aromatic nitrogens is 2. The minimum atomic E-state index is -1.11. The van der Waals surface area contributed by atoms with Crippen LogP contribution < -0.4 is 16.4 Å². The Labute approximate surface area is 156 Å². The molecule has 140 valence electrons. The second-order valence-electron chi connectivity index (χ2n) is 6.06. The Balaban J connectivity index is 2.06. The van der Waals surface area contributed by atoms with E-state index in [4.69, 9.17) is 5.73 Å². The van der Waals surface area contributed by atoms with Gasteiger partial charge in [-0.15, -0.1) is 0 Å². The van der Waals surface area contributed by atoms with Gasteiger partial charge in [0.15, 0.2) is 0 Å². The highest BCUT2D eigenvalue weighted by Gasteiger charge is 2.18. The minimum absolute atomic E-state index is 0.298. The number of aliphatic hydroxyl groups excluding tert-OH is 2. The van der Waals surface area contributed by atoms with Crippen LogP contribution in [0.2, 0.25) is 0 Å². The van der Waals surface area contributed by atoms with Crippen LogP contribution in [0, 0.1) is 0 Å². The molecule has 0 bridgehead atoms. The largest absolute Gasteiger partial charge is 0.399 e. The fourth-order valence-electron chi connectivity index (χ4n) is 2.83. The van der Waals surface area contributed by atoms with Gasteiger partial charge in [-0.25, -0.2) is 9.97 Å². The molecular weight excluding hydrogens is 346 g/mol. The zero-order valence-corrected chi connectivity index (χ0v) is 14.8. The van der Waals surface area contributed by atoms with Crippen LogP contribution in [0.3, 0.4) is 0 Å². The molecule has 6 N–H and O–H groups in total. The van der Waals surface area contributed by atoms with Crippen molar-refractivity contribution in [1.29, 1.82) is 0 Å². The molecule has 8 nitrogen and oxygen atoms in total. The van der Waals surface area contributed by atoms with Gasteiger partial charge in [0, 0.05) is 24.7 Å². The van der Waals surface area contributed by atoms with Crippen molar-refractivity contribution >= 4 is 28.3 Å². The van der Waals surface area contributed by atoms with Crippen molar-refractivity contribution in [2.75, 3.05) is 24.7 Å². The van der Waals surface area contributed by atoms with Crippen LogP contribution >= 0.6 is 0 Å². The van der Waals surface area contributed by atoms with E-state index in [1.54, 1.807) is 6.07 Å². The zero-order chi connectivity index (χ0) is 19.4. The molecule has 27 heavy (non-hydrogen) atoms. The number of nitrogens with zero attached hydrogens (tertiary/aromatic N) is 2. The Morgan fingerprint density at radius 3 is 2.78 bits per heavy atom. The quantitative estimate of drug-likeness (QED) is 0.414. The minimum Gasteiger partial charge on any atom is -0.399 e. The molecule has 1 unspecified atom stereocenters. The summed E-state index contributed by atoms with van der Waals surface area (Å²) in [4.78, 5) is 20.8. The molecule has 8 heteroatoms. The molecule has 0 aliphatic rings. The molecule has 2 aromatic carbocycles. The molecule has 1 amide bonds. The molecule has 0 fully saturated rings. The highest BCUT2D eigenvalue weighted by molar-refractivity contribution is 6.07. The fraction of sp³-hybridized carbons (Fsp3) is 0.211. The van der Waals surface area contributed by atoms with E-state index < -0.39 is 12.7 Å². The number of carbonyl (C=O) groups excluding carboxylic acids is 1. The summed E-state index contributed by atoms with van der Waals surface area (Å²) in [6.45, 7) is 0.0116. The zero-order valence-electron chi connectivity index (χ0n) is 14.8. The van der Waals surface area contributed by atoms with E-state index in [1.165, 1.54) is 19.4 Å². The molecule has 0 aliphatic heterocycles. The van der Waals surface area contributed by atoms with Crippen LogP contribution in [0.4, 0.5) is 11.5 Å². The van der Waals surface area contributed by atoms with E-state index >= 15 is 0 Å². The number of aliphatic hydroxyl groups is 2. The van der Waals surface area contributed by atoms with E-state index in [1.807, 2.05) is 24.3 Å². The van der Waals surface area contributed by atoms with Gasteiger partial charge in [-0.2, -0.15) is 0 Å². The molecule has 1 aromatic heterocycles. The van der Waals surface area contributed by atoms with Crippen LogP contribution in [0.25, 0.3) is 10.9 Å². The number of carbonyl (C=O) groups is 1. The standard InChI is InChI=1S/C19H21N5O3/c1-21-19(27)15-7-12(16(26)9-25)6-14-17(15)23-10-24-18(14)22-8-11-3-2-4-13(20)5-11/h2-7,10,16,25-26H,8-9,20H2,1H3,(H,21,27)(H,22,23,24). The molecule has 0 aliphatic carbocycles. The monoisotopic (exact) mass is 367 g/mol. The predicted octanol–water partition coefficient (Wildman–Crippen LogP) is 1.21. The molecule has 1 atom stereocenters. The Hall–Kier alpha value is -3.23. The van der Waals surface area contributed by atoms with Crippen molar-refractivity contribution in [3.05, 3.63) is 59.4 Å². The smallest absolute Gasteiger partial charge is 0.253 e. The predicted molar refractivity (Wildman–Crippen MR) is 103 cm³/mol. The summed E-state index contributed by atoms with van der Waals surface area (Å²) in [6, 6.07) is 10.7. The summed E-state index contributed by atoms with van der Waals surface area (Å²) in [5, 5.41) is 25.7. The first-order valence-electron chi connectivity index (χ1n) is 8.41. The van der Waals surface area contributed by atoms with Crippen molar-refractivity contribution in [1.82, 2.24) is 15.3 Å². The Kier molecular flexibility index (Phi) is 5.49. The van der Waals surface area contributed by atoms with Crippen molar-refractivity contribution < 1.29 is 15.0 Å². The Morgan fingerprint density at radius 2 is 2.07 bits per heavy atom. The first-order valence-corrected chi connectivity index (χ1v) is 8.41. The number of benzene rings is 2. The van der Waals surface area contributed by atoms with Gasteiger partial charge >= 0.3 is 0 Å². The molecule has 3 rings (SSSR count). The molecule has 0 saturated carbocycles. The lowest BCUT2D eigenvalue weighted by atomic mass is 10.0. The van der Waals surface area contributed by atoms with E-state index in [2.05, 4.69) is 20.6 Å². The maximum absolute atomic E-state index is 12.3. The Morgan fingerprint density at radius 1 is 1.26 bits per heavy atom. The van der Waals surface area contributed by atoms with Gasteiger partial charge in [0.25, 0.3) is 5.91 Å². The third kappa shape index (κ3) is 3.97. The van der Waals surface area contributed by atoms with Crippen molar-refractivity contribution in [3.8, 4) is 0 Å². The summed E-state index contributed by atoms with van der Waals surface area (Å²) < 4.78 is 0. The van der Waals surface area contributed by atoms with Gasteiger partial charge in [-0.3, -0.25) is 4.79 Å². The van der Waals surface area contributed by atoms with Crippen LogP contribution in [0.15, 0.2) is 42.7 Å². The third-order valence-electron chi connectivity index (χ3n) is 4.20. The summed E-state index contributed by atoms with van der Waals surface area (Å²) in [5.74, 6) is 0.173. The highest BCUT2D eigenvalue weighted by Crippen LogP contribution is 2.27. The average molecular weight is 367 g/mol. The molecule has 3 aromatic rings. The second-order valence-corrected chi connectivity index (χ2v) is 6.06. The van der Waals surface area contributed by atoms with E-state index in [0.717, 1.165) is 5.56 Å². The second kappa shape index (κ2) is 7.98. The van der Waals surface area contributed by atoms with Crippen molar-refractivity contribution in [3.63, 3.8) is 0 Å². The number of rotatable bonds is 6. The van der Waals surface area contributed by atoms with Crippen molar-refractivity contribution in [2.24, 2.45) is 0 Å². The maximum atomic E-state index is 12.3. The van der Waals surface area contributed by atoms with Crippen LogP contribution in [0.5, 0.6) is 0 Å². The number of nitrogens with two attached hydrogens (primary N) is 1. The fourth-order valence-corrected chi connectivity index (χ4v) is 2.83. The van der Waals surface area contributed by atoms with Crippen molar-refractivity contribution in [2.45, 2.75) is 12.6 Å². The molecular formula is C19H21N5O3. The topological polar surface area (TPSA) is 133 Å². The van der Waals surface area contributed by atoms with Crippen LogP contribution in [0.1, 0.15) is 27.6 Å². The Bertz CT molecular complexity index is 977.